The minimum atomic E-state index is -0.503. The normalized spacial score (nSPS) is 41.9. The van der Waals surface area contributed by atoms with Crippen LogP contribution in [-0.4, -0.2) is 41.1 Å². The van der Waals surface area contributed by atoms with Crippen molar-refractivity contribution in [2.45, 2.75) is 62.8 Å². The summed E-state index contributed by atoms with van der Waals surface area (Å²) in [5.74, 6) is 1.06. The van der Waals surface area contributed by atoms with Crippen molar-refractivity contribution in [2.24, 2.45) is 22.5 Å². The molecule has 4 saturated carbocycles. The minimum absolute atomic E-state index is 0.0110. The molecule has 1 aromatic rings. The molecule has 3 N–H and O–H groups in total. The minimum Gasteiger partial charge on any atom is -0.394 e. The lowest BCUT2D eigenvalue weighted by atomic mass is 9.63. The van der Waals surface area contributed by atoms with Gasteiger partial charge in [0.15, 0.2) is 0 Å². The van der Waals surface area contributed by atoms with Crippen LogP contribution in [-0.2, 0) is 10.2 Å². The molecule has 4 heteroatoms. The van der Waals surface area contributed by atoms with Crippen molar-refractivity contribution < 1.29 is 9.90 Å². The Hall–Kier alpha value is -1.39. The maximum absolute atomic E-state index is 13.9. The van der Waals surface area contributed by atoms with Crippen LogP contribution in [0, 0.1) is 16.7 Å². The van der Waals surface area contributed by atoms with E-state index < -0.39 is 5.54 Å². The molecular weight excluding hydrogens is 336 g/mol. The summed E-state index contributed by atoms with van der Waals surface area (Å²) in [6.45, 7) is 3.78. The standard InChI is InChI=1S/C23H32N2O2/c1-20-11-17-12-21(14-20,18-5-3-2-4-6-18)15-23(20,13-17)19(27)25-9-7-22(24,16-26)8-10-25/h2-6,17,26H,7-16,24H2,1H3/t17?,20-,21-,23?/m1/s1. The van der Waals surface area contributed by atoms with E-state index >= 15 is 0 Å². The molecule has 1 saturated heterocycles. The summed E-state index contributed by atoms with van der Waals surface area (Å²) < 4.78 is 0. The van der Waals surface area contributed by atoms with Crippen molar-refractivity contribution in [2.75, 3.05) is 19.7 Å². The second-order valence-corrected chi connectivity index (χ2v) is 10.4. The van der Waals surface area contributed by atoms with E-state index in [2.05, 4.69) is 42.2 Å². The monoisotopic (exact) mass is 368 g/mol. The van der Waals surface area contributed by atoms with Gasteiger partial charge in [-0.15, -0.1) is 0 Å². The molecular formula is C23H32N2O2. The van der Waals surface area contributed by atoms with Gasteiger partial charge in [0.1, 0.15) is 0 Å². The van der Waals surface area contributed by atoms with Crippen molar-refractivity contribution in [3.63, 3.8) is 0 Å². The van der Waals surface area contributed by atoms with Gasteiger partial charge < -0.3 is 15.7 Å². The molecule has 4 nitrogen and oxygen atoms in total. The molecule has 5 aliphatic rings. The van der Waals surface area contributed by atoms with E-state index in [1.165, 1.54) is 18.4 Å². The number of aliphatic hydroxyl groups excluding tert-OH is 1. The first-order valence-corrected chi connectivity index (χ1v) is 10.6. The second kappa shape index (κ2) is 5.57. The highest BCUT2D eigenvalue weighted by Crippen LogP contribution is 2.76. The van der Waals surface area contributed by atoms with Gasteiger partial charge in [-0.25, -0.2) is 0 Å². The Morgan fingerprint density at radius 1 is 1.15 bits per heavy atom. The highest BCUT2D eigenvalue weighted by Gasteiger charge is 2.73. The van der Waals surface area contributed by atoms with Crippen LogP contribution in [0.1, 0.15) is 57.4 Å². The SMILES string of the molecule is C[C@]12CC3CC1(C(=O)N1CCC(N)(CO)CC1)C[C@@](c1ccccc1)(C3)C2. The number of nitrogens with zero attached hydrogens (tertiary/aromatic N) is 1. The lowest BCUT2D eigenvalue weighted by Crippen LogP contribution is -2.57. The van der Waals surface area contributed by atoms with Crippen molar-refractivity contribution in [3.05, 3.63) is 35.9 Å². The molecule has 4 atom stereocenters. The van der Waals surface area contributed by atoms with Crippen LogP contribution >= 0.6 is 0 Å². The quantitative estimate of drug-likeness (QED) is 0.862. The first kappa shape index (κ1) is 17.7. The zero-order valence-corrected chi connectivity index (χ0v) is 16.4. The fourth-order valence-corrected chi connectivity index (χ4v) is 7.55. The lowest BCUT2D eigenvalue weighted by molar-refractivity contribution is -0.149. The molecule has 1 aliphatic heterocycles. The molecule has 0 spiro atoms. The van der Waals surface area contributed by atoms with Crippen molar-refractivity contribution in [1.82, 2.24) is 4.90 Å². The molecule has 27 heavy (non-hydrogen) atoms. The molecule has 1 heterocycles. The zero-order chi connectivity index (χ0) is 18.9. The maximum atomic E-state index is 13.9. The summed E-state index contributed by atoms with van der Waals surface area (Å²) in [6, 6.07) is 10.9. The van der Waals surface area contributed by atoms with E-state index in [0.717, 1.165) is 19.3 Å². The number of aliphatic hydroxyl groups is 1. The van der Waals surface area contributed by atoms with Crippen LogP contribution in [0.3, 0.4) is 0 Å². The molecule has 6 rings (SSSR count). The molecule has 0 aromatic heterocycles. The summed E-state index contributed by atoms with van der Waals surface area (Å²) in [6.07, 6.45) is 7.10. The van der Waals surface area contributed by atoms with Crippen LogP contribution in [0.15, 0.2) is 30.3 Å². The number of carbonyl (C=O) groups excluding carboxylic acids is 1. The van der Waals surface area contributed by atoms with Gasteiger partial charge in [0.25, 0.3) is 0 Å². The molecule has 2 unspecified atom stereocenters. The zero-order valence-electron chi connectivity index (χ0n) is 16.4. The fraction of sp³-hybridized carbons (Fsp3) is 0.696. The summed E-state index contributed by atoms with van der Waals surface area (Å²) >= 11 is 0. The maximum Gasteiger partial charge on any atom is 0.229 e. The van der Waals surface area contributed by atoms with Gasteiger partial charge in [-0.2, -0.15) is 0 Å². The highest BCUT2D eigenvalue weighted by atomic mass is 16.3. The first-order chi connectivity index (χ1) is 12.8. The van der Waals surface area contributed by atoms with Crippen LogP contribution in [0.5, 0.6) is 0 Å². The third-order valence-corrected chi connectivity index (χ3v) is 8.74. The molecule has 4 aliphatic carbocycles. The third-order valence-electron chi connectivity index (χ3n) is 8.74. The summed E-state index contributed by atoms with van der Waals surface area (Å²) in [4.78, 5) is 15.9. The van der Waals surface area contributed by atoms with E-state index in [4.69, 9.17) is 5.73 Å². The van der Waals surface area contributed by atoms with Gasteiger partial charge in [-0.05, 0) is 67.3 Å². The Labute approximate surface area is 162 Å². The van der Waals surface area contributed by atoms with Crippen molar-refractivity contribution in [3.8, 4) is 0 Å². The summed E-state index contributed by atoms with van der Waals surface area (Å²) in [7, 11) is 0. The van der Waals surface area contributed by atoms with Gasteiger partial charge in [-0.1, -0.05) is 37.3 Å². The Kier molecular flexibility index (Phi) is 3.65. The smallest absolute Gasteiger partial charge is 0.229 e. The molecule has 1 amide bonds. The molecule has 4 bridgehead atoms. The van der Waals surface area contributed by atoms with Gasteiger partial charge in [-0.3, -0.25) is 4.79 Å². The number of amides is 1. The van der Waals surface area contributed by atoms with Gasteiger partial charge >= 0.3 is 0 Å². The molecule has 146 valence electrons. The fourth-order valence-electron chi connectivity index (χ4n) is 7.55. The first-order valence-electron chi connectivity index (χ1n) is 10.6. The summed E-state index contributed by atoms with van der Waals surface area (Å²) in [5, 5.41) is 9.55. The van der Waals surface area contributed by atoms with Gasteiger partial charge in [0, 0.05) is 18.6 Å². The Bertz CT molecular complexity index is 757. The van der Waals surface area contributed by atoms with Gasteiger partial charge in [0.2, 0.25) is 5.91 Å². The average Bonchev–Trinajstić information content (AvgIpc) is 2.99. The number of likely N-dealkylation sites (tertiary alicyclic amines) is 1. The molecule has 5 fully saturated rings. The van der Waals surface area contributed by atoms with E-state index in [9.17, 15) is 9.90 Å². The van der Waals surface area contributed by atoms with Crippen LogP contribution < -0.4 is 5.73 Å². The predicted molar refractivity (Wildman–Crippen MR) is 105 cm³/mol. The van der Waals surface area contributed by atoms with E-state index in [1.807, 2.05) is 0 Å². The van der Waals surface area contributed by atoms with Crippen LogP contribution in [0.4, 0.5) is 0 Å². The number of nitrogens with two attached hydrogens (primary N) is 1. The molecule has 0 radical (unpaired) electrons. The Morgan fingerprint density at radius 3 is 2.52 bits per heavy atom. The predicted octanol–water partition coefficient (Wildman–Crippen LogP) is 2.84. The number of carbonyl (C=O) groups is 1. The number of benzene rings is 1. The number of rotatable bonds is 3. The van der Waals surface area contributed by atoms with E-state index in [1.54, 1.807) is 0 Å². The Balaban J connectivity index is 1.45. The molecule has 1 aromatic carbocycles. The van der Waals surface area contributed by atoms with Crippen molar-refractivity contribution >= 4 is 5.91 Å². The number of piperidine rings is 1. The topological polar surface area (TPSA) is 66.6 Å². The Morgan fingerprint density at radius 2 is 1.85 bits per heavy atom. The van der Waals surface area contributed by atoms with E-state index in [-0.39, 0.29) is 22.9 Å². The van der Waals surface area contributed by atoms with Gasteiger partial charge in [0.05, 0.1) is 12.0 Å². The third kappa shape index (κ3) is 2.32. The number of hydrogen-bond donors (Lipinski definition) is 2. The lowest BCUT2D eigenvalue weighted by Gasteiger charge is -2.45. The summed E-state index contributed by atoms with van der Waals surface area (Å²) in [5.41, 5.74) is 7.29. The van der Waals surface area contributed by atoms with E-state index in [0.29, 0.717) is 37.8 Å². The number of hydrogen-bond acceptors (Lipinski definition) is 3. The average molecular weight is 369 g/mol. The van der Waals surface area contributed by atoms with Crippen molar-refractivity contribution in [1.29, 1.82) is 0 Å². The highest BCUT2D eigenvalue weighted by molar-refractivity contribution is 5.85. The van der Waals surface area contributed by atoms with Crippen LogP contribution in [0.25, 0.3) is 0 Å². The van der Waals surface area contributed by atoms with Crippen LogP contribution in [0.2, 0.25) is 0 Å². The second-order valence-electron chi connectivity index (χ2n) is 10.4. The largest absolute Gasteiger partial charge is 0.394 e.